The Bertz CT molecular complexity index is 500. The molecule has 0 amide bonds. The van der Waals surface area contributed by atoms with Crippen molar-refractivity contribution >= 4 is 27.2 Å². The lowest BCUT2D eigenvalue weighted by Crippen LogP contribution is -2.12. The average molecular weight is 260 g/mol. The Labute approximate surface area is 112 Å². The van der Waals surface area contributed by atoms with Gasteiger partial charge in [0.1, 0.15) is 5.82 Å². The van der Waals surface area contributed by atoms with Crippen LogP contribution in [0.5, 0.6) is 0 Å². The molecule has 1 aliphatic rings. The van der Waals surface area contributed by atoms with E-state index >= 15 is 0 Å². The highest BCUT2D eigenvalue weighted by molar-refractivity contribution is 7.17. The summed E-state index contributed by atoms with van der Waals surface area (Å²) in [6.07, 6.45) is 10.4. The van der Waals surface area contributed by atoms with Crippen molar-refractivity contribution in [2.75, 3.05) is 11.9 Å². The van der Waals surface area contributed by atoms with Crippen LogP contribution < -0.4 is 5.32 Å². The van der Waals surface area contributed by atoms with Gasteiger partial charge in [-0.3, -0.25) is 0 Å². The van der Waals surface area contributed by atoms with Gasteiger partial charge in [0.25, 0.3) is 0 Å². The summed E-state index contributed by atoms with van der Waals surface area (Å²) in [5.74, 6) is 2.00. The number of thiophene rings is 1. The van der Waals surface area contributed by atoms with E-state index in [9.17, 15) is 0 Å². The van der Waals surface area contributed by atoms with E-state index < -0.39 is 0 Å². The molecule has 1 N–H and O–H groups in total. The number of hydrogen-bond acceptors (Lipinski definition) is 3. The Morgan fingerprint density at radius 3 is 3.00 bits per heavy atom. The van der Waals surface area contributed by atoms with Crippen molar-refractivity contribution in [1.29, 1.82) is 0 Å². The molecule has 2 nitrogen and oxygen atoms in total. The second-order valence-corrected chi connectivity index (χ2v) is 6.16. The fraction of sp³-hybridized carbons (Fsp3) is 0.533. The van der Waals surface area contributed by atoms with E-state index in [-0.39, 0.29) is 0 Å². The highest BCUT2D eigenvalue weighted by Gasteiger charge is 2.13. The topological polar surface area (TPSA) is 24.9 Å². The summed E-state index contributed by atoms with van der Waals surface area (Å²) in [6.45, 7) is 1.06. The number of rotatable bonds is 4. The minimum absolute atomic E-state index is 0.938. The van der Waals surface area contributed by atoms with E-state index in [1.54, 1.807) is 11.3 Å². The van der Waals surface area contributed by atoms with Gasteiger partial charge in [-0.1, -0.05) is 32.1 Å². The van der Waals surface area contributed by atoms with Crippen LogP contribution in [0.4, 0.5) is 5.82 Å². The van der Waals surface area contributed by atoms with Crippen molar-refractivity contribution in [3.63, 3.8) is 0 Å². The number of hydrogen-bond donors (Lipinski definition) is 1. The van der Waals surface area contributed by atoms with Gasteiger partial charge >= 0.3 is 0 Å². The summed E-state index contributed by atoms with van der Waals surface area (Å²) in [5.41, 5.74) is 0. The van der Waals surface area contributed by atoms with Crippen molar-refractivity contribution in [2.24, 2.45) is 5.92 Å². The Kier molecular flexibility index (Phi) is 3.79. The second-order valence-electron chi connectivity index (χ2n) is 5.21. The van der Waals surface area contributed by atoms with Crippen LogP contribution in [0.3, 0.4) is 0 Å². The summed E-state index contributed by atoms with van der Waals surface area (Å²) in [5, 5.41) is 6.92. The van der Waals surface area contributed by atoms with Crippen LogP contribution in [0.2, 0.25) is 0 Å². The lowest BCUT2D eigenvalue weighted by atomic mass is 9.87. The molecule has 1 saturated carbocycles. The molecule has 3 heteroatoms. The van der Waals surface area contributed by atoms with Crippen molar-refractivity contribution in [3.8, 4) is 0 Å². The molecule has 0 aliphatic heterocycles. The highest BCUT2D eigenvalue weighted by Crippen LogP contribution is 2.28. The third-order valence-corrected chi connectivity index (χ3v) is 4.83. The van der Waals surface area contributed by atoms with Gasteiger partial charge < -0.3 is 5.32 Å². The zero-order valence-electron chi connectivity index (χ0n) is 10.7. The lowest BCUT2D eigenvalue weighted by molar-refractivity contribution is 0.345. The summed E-state index contributed by atoms with van der Waals surface area (Å²) in [7, 11) is 0. The zero-order chi connectivity index (χ0) is 12.2. The first kappa shape index (κ1) is 12.0. The number of anilines is 1. The van der Waals surface area contributed by atoms with Crippen LogP contribution in [0.1, 0.15) is 38.5 Å². The molecule has 2 aromatic heterocycles. The number of pyridine rings is 1. The molecule has 96 valence electrons. The first-order valence-corrected chi connectivity index (χ1v) is 7.87. The number of nitrogens with one attached hydrogen (secondary N) is 1. The van der Waals surface area contributed by atoms with Gasteiger partial charge in [0.2, 0.25) is 0 Å². The maximum Gasteiger partial charge on any atom is 0.134 e. The molecule has 0 spiro atoms. The predicted octanol–water partition coefficient (Wildman–Crippen LogP) is 4.68. The molecule has 3 rings (SSSR count). The van der Waals surface area contributed by atoms with Crippen LogP contribution >= 0.6 is 11.3 Å². The van der Waals surface area contributed by atoms with Gasteiger partial charge in [0, 0.05) is 22.8 Å². The van der Waals surface area contributed by atoms with E-state index in [0.29, 0.717) is 0 Å². The Hall–Kier alpha value is -1.09. The molecule has 0 atom stereocenters. The first-order valence-electron chi connectivity index (χ1n) is 6.99. The van der Waals surface area contributed by atoms with Crippen molar-refractivity contribution < 1.29 is 0 Å². The Morgan fingerprint density at radius 1 is 1.22 bits per heavy atom. The number of nitrogens with zero attached hydrogens (tertiary/aromatic N) is 1. The van der Waals surface area contributed by atoms with E-state index in [2.05, 4.69) is 27.8 Å². The Balaban J connectivity index is 1.57. The molecule has 18 heavy (non-hydrogen) atoms. The molecule has 1 aliphatic carbocycles. The van der Waals surface area contributed by atoms with Crippen molar-refractivity contribution in [3.05, 3.63) is 23.7 Å². The largest absolute Gasteiger partial charge is 0.370 e. The van der Waals surface area contributed by atoms with Crippen LogP contribution in [-0.2, 0) is 0 Å². The number of fused-ring (bicyclic) bond motifs is 1. The molecule has 0 saturated heterocycles. The quantitative estimate of drug-likeness (QED) is 0.863. The summed E-state index contributed by atoms with van der Waals surface area (Å²) >= 11 is 1.78. The third kappa shape index (κ3) is 2.66. The standard InChI is InChI=1S/C15H20N2S/c1-2-4-12(5-3-1)6-9-16-15-13-8-11-18-14(13)7-10-17-15/h7-8,10-12H,1-6,9H2,(H,16,17). The number of aromatic nitrogens is 1. The normalized spacial score (nSPS) is 17.1. The Morgan fingerprint density at radius 2 is 2.11 bits per heavy atom. The second kappa shape index (κ2) is 5.70. The third-order valence-electron chi connectivity index (χ3n) is 3.95. The van der Waals surface area contributed by atoms with Gasteiger partial charge in [-0.05, 0) is 29.9 Å². The van der Waals surface area contributed by atoms with Gasteiger partial charge in [-0.2, -0.15) is 0 Å². The van der Waals surface area contributed by atoms with Crippen molar-refractivity contribution in [2.45, 2.75) is 38.5 Å². The van der Waals surface area contributed by atoms with E-state index in [4.69, 9.17) is 0 Å². The van der Waals surface area contributed by atoms with Crippen LogP contribution in [0.15, 0.2) is 23.7 Å². The maximum absolute atomic E-state index is 4.46. The van der Waals surface area contributed by atoms with Crippen LogP contribution in [0.25, 0.3) is 10.1 Å². The smallest absolute Gasteiger partial charge is 0.134 e. The van der Waals surface area contributed by atoms with Crippen LogP contribution in [-0.4, -0.2) is 11.5 Å². The van der Waals surface area contributed by atoms with Gasteiger partial charge in [-0.25, -0.2) is 4.98 Å². The minimum atomic E-state index is 0.938. The minimum Gasteiger partial charge on any atom is -0.370 e. The van der Waals surface area contributed by atoms with Crippen LogP contribution in [0, 0.1) is 5.92 Å². The molecule has 0 unspecified atom stereocenters. The highest BCUT2D eigenvalue weighted by atomic mass is 32.1. The first-order chi connectivity index (χ1) is 8.93. The maximum atomic E-state index is 4.46. The zero-order valence-corrected chi connectivity index (χ0v) is 11.5. The molecule has 0 aromatic carbocycles. The fourth-order valence-electron chi connectivity index (χ4n) is 2.91. The molecule has 0 radical (unpaired) electrons. The summed E-state index contributed by atoms with van der Waals surface area (Å²) in [4.78, 5) is 4.46. The molecule has 2 aromatic rings. The summed E-state index contributed by atoms with van der Waals surface area (Å²) < 4.78 is 1.32. The summed E-state index contributed by atoms with van der Waals surface area (Å²) in [6, 6.07) is 4.25. The molecular formula is C15H20N2S. The lowest BCUT2D eigenvalue weighted by Gasteiger charge is -2.21. The van der Waals surface area contributed by atoms with Gasteiger partial charge in [-0.15, -0.1) is 11.3 Å². The van der Waals surface area contributed by atoms with Gasteiger partial charge in [0.15, 0.2) is 0 Å². The SMILES string of the molecule is c1cc2sccc2c(NCCC2CCCCC2)n1. The van der Waals surface area contributed by atoms with Crippen molar-refractivity contribution in [1.82, 2.24) is 4.98 Å². The monoisotopic (exact) mass is 260 g/mol. The fourth-order valence-corrected chi connectivity index (χ4v) is 3.69. The van der Waals surface area contributed by atoms with E-state index in [1.165, 1.54) is 48.6 Å². The molecular weight excluding hydrogens is 240 g/mol. The average Bonchev–Trinajstić information content (AvgIpc) is 2.89. The van der Waals surface area contributed by atoms with E-state index in [0.717, 1.165) is 18.3 Å². The molecule has 2 heterocycles. The van der Waals surface area contributed by atoms with E-state index in [1.807, 2.05) is 6.20 Å². The predicted molar refractivity (Wildman–Crippen MR) is 79.3 cm³/mol. The molecule has 0 bridgehead atoms. The molecule has 1 fully saturated rings. The van der Waals surface area contributed by atoms with Gasteiger partial charge in [0.05, 0.1) is 0 Å².